The van der Waals surface area contributed by atoms with Crippen LogP contribution in [0.25, 0.3) is 0 Å². The molecule has 0 saturated heterocycles. The summed E-state index contributed by atoms with van der Waals surface area (Å²) in [6.45, 7) is 2.86. The van der Waals surface area contributed by atoms with E-state index in [4.69, 9.17) is 22.1 Å². The second-order valence-electron chi connectivity index (χ2n) is 4.40. The van der Waals surface area contributed by atoms with Gasteiger partial charge in [-0.2, -0.15) is 0 Å². The summed E-state index contributed by atoms with van der Waals surface area (Å²) in [5.41, 5.74) is 8.40. The predicted molar refractivity (Wildman–Crippen MR) is 82.9 cm³/mol. The molecule has 0 heterocycles. The zero-order valence-corrected chi connectivity index (χ0v) is 12.1. The van der Waals surface area contributed by atoms with Crippen LogP contribution in [0, 0.1) is 18.8 Å². The summed E-state index contributed by atoms with van der Waals surface area (Å²) in [6.07, 6.45) is 0. The minimum absolute atomic E-state index is 0.367. The molecule has 2 nitrogen and oxygen atoms in total. The van der Waals surface area contributed by atoms with Crippen molar-refractivity contribution in [3.63, 3.8) is 0 Å². The molecule has 0 aromatic heterocycles. The topological polar surface area (TPSA) is 35.2 Å². The Kier molecular flexibility index (Phi) is 5.06. The van der Waals surface area contributed by atoms with Crippen molar-refractivity contribution in [3.05, 3.63) is 64.2 Å². The second-order valence-corrected chi connectivity index (χ2v) is 4.84. The lowest BCUT2D eigenvalue weighted by atomic mass is 10.1. The third kappa shape index (κ3) is 4.03. The Balaban J connectivity index is 2.06. The molecule has 2 aromatic rings. The maximum absolute atomic E-state index is 5.95. The first-order valence-electron chi connectivity index (χ1n) is 6.36. The van der Waals surface area contributed by atoms with E-state index < -0.39 is 0 Å². The molecule has 0 saturated carbocycles. The molecule has 0 aliphatic rings. The Morgan fingerprint density at radius 1 is 1.20 bits per heavy atom. The van der Waals surface area contributed by atoms with Gasteiger partial charge in [-0.15, -0.1) is 0 Å². The third-order valence-corrected chi connectivity index (χ3v) is 3.03. The number of aryl methyl sites for hydroxylation is 1. The van der Waals surface area contributed by atoms with Gasteiger partial charge >= 0.3 is 0 Å². The highest BCUT2D eigenvalue weighted by Crippen LogP contribution is 2.20. The van der Waals surface area contributed by atoms with Gasteiger partial charge in [0.25, 0.3) is 0 Å². The van der Waals surface area contributed by atoms with Crippen LogP contribution in [0.15, 0.2) is 42.5 Å². The number of benzene rings is 2. The predicted octanol–water partition coefficient (Wildman–Crippen LogP) is 3.54. The fraction of sp³-hybridized carbons (Fsp3) is 0.176. The van der Waals surface area contributed by atoms with E-state index >= 15 is 0 Å². The van der Waals surface area contributed by atoms with Crippen molar-refractivity contribution >= 4 is 11.6 Å². The summed E-state index contributed by atoms with van der Waals surface area (Å²) in [6, 6.07) is 13.5. The SMILES string of the molecule is Cc1cc(C#CCN)ccc1OCc1cccc(Cl)c1. The molecule has 102 valence electrons. The van der Waals surface area contributed by atoms with E-state index in [0.29, 0.717) is 13.2 Å². The summed E-state index contributed by atoms with van der Waals surface area (Å²) in [4.78, 5) is 0. The molecular formula is C17H16ClNO. The lowest BCUT2D eigenvalue weighted by Crippen LogP contribution is -1.97. The average Bonchev–Trinajstić information content (AvgIpc) is 2.44. The third-order valence-electron chi connectivity index (χ3n) is 2.79. The molecule has 0 bridgehead atoms. The lowest BCUT2D eigenvalue weighted by molar-refractivity contribution is 0.304. The van der Waals surface area contributed by atoms with Crippen molar-refractivity contribution in [1.29, 1.82) is 0 Å². The van der Waals surface area contributed by atoms with Crippen LogP contribution >= 0.6 is 11.6 Å². The van der Waals surface area contributed by atoms with Gasteiger partial charge in [0.15, 0.2) is 0 Å². The van der Waals surface area contributed by atoms with E-state index in [9.17, 15) is 0 Å². The maximum Gasteiger partial charge on any atom is 0.122 e. The van der Waals surface area contributed by atoms with Crippen molar-refractivity contribution in [1.82, 2.24) is 0 Å². The van der Waals surface area contributed by atoms with Crippen LogP contribution in [0.2, 0.25) is 5.02 Å². The fourth-order valence-corrected chi connectivity index (χ4v) is 2.04. The summed E-state index contributed by atoms with van der Waals surface area (Å²) in [5.74, 6) is 6.69. The van der Waals surface area contributed by atoms with Crippen LogP contribution < -0.4 is 10.5 Å². The maximum atomic E-state index is 5.95. The molecule has 2 N–H and O–H groups in total. The smallest absolute Gasteiger partial charge is 0.122 e. The number of hydrogen-bond donors (Lipinski definition) is 1. The molecule has 0 atom stereocenters. The molecule has 2 aromatic carbocycles. The minimum Gasteiger partial charge on any atom is -0.489 e. The van der Waals surface area contributed by atoms with Crippen molar-refractivity contribution in [2.45, 2.75) is 13.5 Å². The van der Waals surface area contributed by atoms with Crippen LogP contribution in [0.5, 0.6) is 5.75 Å². The van der Waals surface area contributed by atoms with E-state index in [1.54, 1.807) is 0 Å². The molecule has 3 heteroatoms. The molecule has 0 radical (unpaired) electrons. The van der Waals surface area contributed by atoms with Crippen LogP contribution in [-0.4, -0.2) is 6.54 Å². The van der Waals surface area contributed by atoms with Gasteiger partial charge in [-0.1, -0.05) is 35.6 Å². The highest BCUT2D eigenvalue weighted by atomic mass is 35.5. The number of nitrogens with two attached hydrogens (primary N) is 1. The Morgan fingerprint density at radius 3 is 2.75 bits per heavy atom. The van der Waals surface area contributed by atoms with Crippen LogP contribution in [0.1, 0.15) is 16.7 Å². The second kappa shape index (κ2) is 7.00. The van der Waals surface area contributed by atoms with Crippen LogP contribution in [0.4, 0.5) is 0 Å². The van der Waals surface area contributed by atoms with Crippen molar-refractivity contribution < 1.29 is 4.74 Å². The summed E-state index contributed by atoms with van der Waals surface area (Å²) >= 11 is 5.95. The van der Waals surface area contributed by atoms with Gasteiger partial charge in [0, 0.05) is 10.6 Å². The lowest BCUT2D eigenvalue weighted by Gasteiger charge is -2.09. The largest absolute Gasteiger partial charge is 0.489 e. The molecule has 0 unspecified atom stereocenters. The Labute approximate surface area is 124 Å². The summed E-state index contributed by atoms with van der Waals surface area (Å²) < 4.78 is 5.81. The normalized spacial score (nSPS) is 9.75. The van der Waals surface area contributed by atoms with Crippen LogP contribution in [-0.2, 0) is 6.61 Å². The number of hydrogen-bond acceptors (Lipinski definition) is 2. The average molecular weight is 286 g/mol. The fourth-order valence-electron chi connectivity index (χ4n) is 1.83. The van der Waals surface area contributed by atoms with Gasteiger partial charge in [-0.3, -0.25) is 0 Å². The quantitative estimate of drug-likeness (QED) is 0.876. The van der Waals surface area contributed by atoms with Crippen molar-refractivity contribution in [2.24, 2.45) is 5.73 Å². The zero-order chi connectivity index (χ0) is 14.4. The summed E-state index contributed by atoms with van der Waals surface area (Å²) in [5, 5.41) is 0.718. The van der Waals surface area contributed by atoms with E-state index in [-0.39, 0.29) is 0 Å². The molecule has 0 fully saturated rings. The van der Waals surface area contributed by atoms with E-state index in [2.05, 4.69) is 11.8 Å². The number of rotatable bonds is 3. The minimum atomic E-state index is 0.367. The van der Waals surface area contributed by atoms with Gasteiger partial charge < -0.3 is 10.5 Å². The Bertz CT molecular complexity index is 656. The van der Waals surface area contributed by atoms with Gasteiger partial charge in [-0.05, 0) is 48.4 Å². The van der Waals surface area contributed by atoms with Crippen molar-refractivity contribution in [2.75, 3.05) is 6.54 Å². The molecule has 0 spiro atoms. The monoisotopic (exact) mass is 285 g/mol. The zero-order valence-electron chi connectivity index (χ0n) is 11.3. The standard InChI is InChI=1S/C17H16ClNO/c1-13-10-14(5-3-9-19)7-8-17(13)20-12-15-4-2-6-16(18)11-15/h2,4,6-8,10-11H,9,12,19H2,1H3. The Morgan fingerprint density at radius 2 is 2.05 bits per heavy atom. The molecule has 0 aliphatic heterocycles. The number of halogens is 1. The Hall–Kier alpha value is -1.95. The molecule has 0 amide bonds. The van der Waals surface area contributed by atoms with Crippen LogP contribution in [0.3, 0.4) is 0 Å². The molecule has 20 heavy (non-hydrogen) atoms. The first-order valence-corrected chi connectivity index (χ1v) is 6.73. The molecular weight excluding hydrogens is 270 g/mol. The summed E-state index contributed by atoms with van der Waals surface area (Å²) in [7, 11) is 0. The van der Waals surface area contributed by atoms with E-state index in [0.717, 1.165) is 27.5 Å². The van der Waals surface area contributed by atoms with Gasteiger partial charge in [-0.25, -0.2) is 0 Å². The van der Waals surface area contributed by atoms with Gasteiger partial charge in [0.1, 0.15) is 12.4 Å². The molecule has 2 rings (SSSR count). The van der Waals surface area contributed by atoms with Gasteiger partial charge in [0.05, 0.1) is 6.54 Å². The molecule has 0 aliphatic carbocycles. The van der Waals surface area contributed by atoms with E-state index in [1.807, 2.05) is 49.4 Å². The van der Waals surface area contributed by atoms with Gasteiger partial charge in [0.2, 0.25) is 0 Å². The first-order chi connectivity index (χ1) is 9.69. The first kappa shape index (κ1) is 14.5. The highest BCUT2D eigenvalue weighted by molar-refractivity contribution is 6.30. The highest BCUT2D eigenvalue weighted by Gasteiger charge is 2.01. The van der Waals surface area contributed by atoms with E-state index in [1.165, 1.54) is 0 Å². The number of ether oxygens (including phenoxy) is 1. The van der Waals surface area contributed by atoms with Crippen molar-refractivity contribution in [3.8, 4) is 17.6 Å².